The third-order valence-corrected chi connectivity index (χ3v) is 3.60. The van der Waals surface area contributed by atoms with E-state index in [1.54, 1.807) is 0 Å². The molecule has 0 aliphatic carbocycles. The number of aromatic nitrogens is 1. The fourth-order valence-electron chi connectivity index (χ4n) is 2.38. The summed E-state index contributed by atoms with van der Waals surface area (Å²) in [4.78, 5) is 15.9. The van der Waals surface area contributed by atoms with Crippen LogP contribution in [-0.4, -0.2) is 10.8 Å². The number of ketones is 1. The first-order chi connectivity index (χ1) is 10.6. The number of carbonyl (C=O) groups is 1. The van der Waals surface area contributed by atoms with Crippen molar-refractivity contribution in [3.8, 4) is 5.75 Å². The third kappa shape index (κ3) is 2.98. The molecule has 3 rings (SSSR count). The number of ether oxygens (including phenoxy) is 1. The molecular formula is C19H17NO2. The lowest BCUT2D eigenvalue weighted by molar-refractivity contribution is 0.101. The molecule has 1 aromatic heterocycles. The van der Waals surface area contributed by atoms with Crippen LogP contribution in [0.15, 0.2) is 54.6 Å². The van der Waals surface area contributed by atoms with Gasteiger partial charge in [0.25, 0.3) is 0 Å². The first-order valence-corrected chi connectivity index (χ1v) is 7.22. The molecule has 0 aliphatic rings. The molecule has 0 fully saturated rings. The SMILES string of the molecule is CC(=O)c1cc(C)c2cc(OCc3ccccc3)ccc2n1. The second kappa shape index (κ2) is 5.98. The molecule has 0 unspecified atom stereocenters. The van der Waals surface area contributed by atoms with Crippen LogP contribution in [0, 0.1) is 6.92 Å². The van der Waals surface area contributed by atoms with E-state index in [4.69, 9.17) is 4.74 Å². The third-order valence-electron chi connectivity index (χ3n) is 3.60. The monoisotopic (exact) mass is 291 g/mol. The number of nitrogens with zero attached hydrogens (tertiary/aromatic N) is 1. The fourth-order valence-corrected chi connectivity index (χ4v) is 2.38. The van der Waals surface area contributed by atoms with Gasteiger partial charge in [0, 0.05) is 12.3 Å². The Kier molecular flexibility index (Phi) is 3.88. The van der Waals surface area contributed by atoms with Crippen LogP contribution in [0.3, 0.4) is 0 Å². The summed E-state index contributed by atoms with van der Waals surface area (Å²) >= 11 is 0. The minimum atomic E-state index is -0.0191. The minimum absolute atomic E-state index is 0.0191. The first kappa shape index (κ1) is 14.3. The van der Waals surface area contributed by atoms with Gasteiger partial charge in [0.05, 0.1) is 5.52 Å². The van der Waals surface area contributed by atoms with Crippen LogP contribution < -0.4 is 4.74 Å². The predicted molar refractivity (Wildman–Crippen MR) is 87.3 cm³/mol. The number of benzene rings is 2. The number of pyridine rings is 1. The molecule has 3 aromatic rings. The summed E-state index contributed by atoms with van der Waals surface area (Å²) in [7, 11) is 0. The second-order valence-electron chi connectivity index (χ2n) is 5.33. The minimum Gasteiger partial charge on any atom is -0.489 e. The number of rotatable bonds is 4. The molecule has 0 amide bonds. The number of Topliss-reactive ketones (excluding diaryl/α,β-unsaturated/α-hetero) is 1. The van der Waals surface area contributed by atoms with Gasteiger partial charge in [-0.05, 0) is 42.3 Å². The van der Waals surface area contributed by atoms with Gasteiger partial charge < -0.3 is 4.74 Å². The Labute approximate surface area is 129 Å². The molecule has 0 aliphatic heterocycles. The molecule has 3 nitrogen and oxygen atoms in total. The zero-order chi connectivity index (χ0) is 15.5. The Morgan fingerprint density at radius 3 is 2.59 bits per heavy atom. The Balaban J connectivity index is 1.88. The van der Waals surface area contributed by atoms with Crippen molar-refractivity contribution in [3.63, 3.8) is 0 Å². The molecule has 2 aromatic carbocycles. The molecule has 0 N–H and O–H groups in total. The first-order valence-electron chi connectivity index (χ1n) is 7.22. The van der Waals surface area contributed by atoms with Crippen LogP contribution in [0.25, 0.3) is 10.9 Å². The molecule has 0 saturated carbocycles. The normalized spacial score (nSPS) is 10.6. The summed E-state index contributed by atoms with van der Waals surface area (Å²) in [5.74, 6) is 0.784. The van der Waals surface area contributed by atoms with Crippen LogP contribution in [0.5, 0.6) is 5.75 Å². The maximum Gasteiger partial charge on any atom is 0.178 e. The number of hydrogen-bond donors (Lipinski definition) is 0. The summed E-state index contributed by atoms with van der Waals surface area (Å²) in [6, 6.07) is 17.6. The highest BCUT2D eigenvalue weighted by Crippen LogP contribution is 2.24. The largest absolute Gasteiger partial charge is 0.489 e. The summed E-state index contributed by atoms with van der Waals surface area (Å²) < 4.78 is 5.84. The fraction of sp³-hybridized carbons (Fsp3) is 0.158. The van der Waals surface area contributed by atoms with Crippen LogP contribution in [0.1, 0.15) is 28.5 Å². The van der Waals surface area contributed by atoms with Crippen molar-refractivity contribution < 1.29 is 9.53 Å². The Bertz CT molecular complexity index is 825. The van der Waals surface area contributed by atoms with Crippen LogP contribution >= 0.6 is 0 Å². The summed E-state index contributed by atoms with van der Waals surface area (Å²) in [6.07, 6.45) is 0. The summed E-state index contributed by atoms with van der Waals surface area (Å²) in [5.41, 5.74) is 3.48. The molecule has 0 spiro atoms. The maximum atomic E-state index is 11.5. The average molecular weight is 291 g/mol. The van der Waals surface area contributed by atoms with Crippen molar-refractivity contribution in [1.82, 2.24) is 4.98 Å². The lowest BCUT2D eigenvalue weighted by Crippen LogP contribution is -1.99. The molecule has 0 radical (unpaired) electrons. The topological polar surface area (TPSA) is 39.2 Å². The van der Waals surface area contributed by atoms with E-state index in [1.165, 1.54) is 6.92 Å². The van der Waals surface area contributed by atoms with Crippen molar-refractivity contribution >= 4 is 16.7 Å². The maximum absolute atomic E-state index is 11.5. The lowest BCUT2D eigenvalue weighted by atomic mass is 10.1. The van der Waals surface area contributed by atoms with E-state index in [0.29, 0.717) is 12.3 Å². The van der Waals surface area contributed by atoms with Crippen molar-refractivity contribution in [2.75, 3.05) is 0 Å². The van der Waals surface area contributed by atoms with E-state index < -0.39 is 0 Å². The average Bonchev–Trinajstić information content (AvgIpc) is 2.54. The molecule has 3 heteroatoms. The lowest BCUT2D eigenvalue weighted by Gasteiger charge is -2.09. The molecule has 1 heterocycles. The van der Waals surface area contributed by atoms with E-state index in [2.05, 4.69) is 4.98 Å². The van der Waals surface area contributed by atoms with Gasteiger partial charge in [0.2, 0.25) is 0 Å². The smallest absolute Gasteiger partial charge is 0.178 e. The van der Waals surface area contributed by atoms with Crippen LogP contribution in [0.4, 0.5) is 0 Å². The van der Waals surface area contributed by atoms with Gasteiger partial charge in [-0.25, -0.2) is 4.98 Å². The van der Waals surface area contributed by atoms with Crippen molar-refractivity contribution in [2.45, 2.75) is 20.5 Å². The summed E-state index contributed by atoms with van der Waals surface area (Å²) in [6.45, 7) is 4.05. The van der Waals surface area contributed by atoms with Gasteiger partial charge in [0.1, 0.15) is 18.1 Å². The van der Waals surface area contributed by atoms with E-state index in [9.17, 15) is 4.79 Å². The van der Waals surface area contributed by atoms with Gasteiger partial charge in [-0.1, -0.05) is 30.3 Å². The van der Waals surface area contributed by atoms with Gasteiger partial charge in [0.15, 0.2) is 5.78 Å². The predicted octanol–water partition coefficient (Wildman–Crippen LogP) is 4.32. The molecule has 110 valence electrons. The van der Waals surface area contributed by atoms with Gasteiger partial charge in [-0.2, -0.15) is 0 Å². The molecular weight excluding hydrogens is 274 g/mol. The Morgan fingerprint density at radius 1 is 1.09 bits per heavy atom. The van der Waals surface area contributed by atoms with Crippen LogP contribution in [-0.2, 0) is 6.61 Å². The van der Waals surface area contributed by atoms with E-state index in [1.807, 2.05) is 61.5 Å². The molecule has 22 heavy (non-hydrogen) atoms. The van der Waals surface area contributed by atoms with Crippen LogP contribution in [0.2, 0.25) is 0 Å². The van der Waals surface area contributed by atoms with Crippen molar-refractivity contribution in [1.29, 1.82) is 0 Å². The number of fused-ring (bicyclic) bond motifs is 1. The molecule has 0 atom stereocenters. The zero-order valence-corrected chi connectivity index (χ0v) is 12.7. The number of hydrogen-bond acceptors (Lipinski definition) is 3. The number of carbonyl (C=O) groups excluding carboxylic acids is 1. The Hall–Kier alpha value is -2.68. The standard InChI is InChI=1S/C19H17NO2/c1-13-10-19(14(2)21)20-18-9-8-16(11-17(13)18)22-12-15-6-4-3-5-7-15/h3-11H,12H2,1-2H3. The van der Waals surface area contributed by atoms with E-state index in [0.717, 1.165) is 27.8 Å². The highest BCUT2D eigenvalue weighted by molar-refractivity contribution is 5.96. The van der Waals surface area contributed by atoms with Crippen molar-refractivity contribution in [3.05, 3.63) is 71.4 Å². The quantitative estimate of drug-likeness (QED) is 0.672. The van der Waals surface area contributed by atoms with Gasteiger partial charge >= 0.3 is 0 Å². The summed E-state index contributed by atoms with van der Waals surface area (Å²) in [5, 5.41) is 1.01. The van der Waals surface area contributed by atoms with E-state index >= 15 is 0 Å². The zero-order valence-electron chi connectivity index (χ0n) is 12.7. The highest BCUT2D eigenvalue weighted by Gasteiger charge is 2.07. The highest BCUT2D eigenvalue weighted by atomic mass is 16.5. The number of aryl methyl sites for hydroxylation is 1. The van der Waals surface area contributed by atoms with E-state index in [-0.39, 0.29) is 5.78 Å². The second-order valence-corrected chi connectivity index (χ2v) is 5.33. The Morgan fingerprint density at radius 2 is 1.86 bits per heavy atom. The van der Waals surface area contributed by atoms with Gasteiger partial charge in [-0.3, -0.25) is 4.79 Å². The van der Waals surface area contributed by atoms with Crippen molar-refractivity contribution in [2.24, 2.45) is 0 Å². The molecule has 0 saturated heterocycles. The molecule has 0 bridgehead atoms. The van der Waals surface area contributed by atoms with Gasteiger partial charge in [-0.15, -0.1) is 0 Å².